The molecule has 0 aromatic heterocycles. The van der Waals surface area contributed by atoms with Crippen LogP contribution in [0.25, 0.3) is 0 Å². The normalized spacial score (nSPS) is 23.6. The van der Waals surface area contributed by atoms with Crippen LogP contribution in [0.1, 0.15) is 39.5 Å². The van der Waals surface area contributed by atoms with Crippen LogP contribution in [0.2, 0.25) is 0 Å². The number of aliphatic carboxylic acids is 1. The molecule has 6 N–H and O–H groups in total. The number of hydrogen-bond acceptors (Lipinski definition) is 4. The van der Waals surface area contributed by atoms with Gasteiger partial charge in [-0.3, -0.25) is 14.4 Å². The molecule has 1 fully saturated rings. The average Bonchev–Trinajstić information content (AvgIpc) is 2.92. The van der Waals surface area contributed by atoms with Gasteiger partial charge in [-0.15, -0.1) is 0 Å². The predicted molar refractivity (Wildman–Crippen MR) is 93.6 cm³/mol. The minimum atomic E-state index is -0.952. The number of aliphatic imine (C=N–C) groups is 1. The van der Waals surface area contributed by atoms with E-state index in [1.165, 1.54) is 6.92 Å². The van der Waals surface area contributed by atoms with Gasteiger partial charge < -0.3 is 26.8 Å². The van der Waals surface area contributed by atoms with Gasteiger partial charge in [0.05, 0.1) is 12.0 Å². The molecule has 0 aliphatic heterocycles. The minimum Gasteiger partial charge on any atom is -0.481 e. The minimum absolute atomic E-state index is 0.158. The third-order valence-corrected chi connectivity index (χ3v) is 4.52. The SMILES string of the molecule is CCCCN(C)C(=O)C(NC(C)=O)[C@H]1CC(C(=O)O)C[C@@H]1N=C(N)N. The number of carbonyl (C=O) groups is 3. The van der Waals surface area contributed by atoms with Crippen molar-refractivity contribution in [2.45, 2.75) is 51.6 Å². The van der Waals surface area contributed by atoms with Crippen LogP contribution in [0.3, 0.4) is 0 Å². The molecular formula is C16H29N5O4. The van der Waals surface area contributed by atoms with Gasteiger partial charge in [0, 0.05) is 26.4 Å². The molecule has 0 aromatic carbocycles. The van der Waals surface area contributed by atoms with Gasteiger partial charge >= 0.3 is 5.97 Å². The predicted octanol–water partition coefficient (Wildman–Crippen LogP) is -0.498. The molecular weight excluding hydrogens is 326 g/mol. The van der Waals surface area contributed by atoms with Crippen LogP contribution < -0.4 is 16.8 Å². The van der Waals surface area contributed by atoms with Crippen LogP contribution >= 0.6 is 0 Å². The number of hydrogen-bond donors (Lipinski definition) is 4. The molecule has 0 bridgehead atoms. The summed E-state index contributed by atoms with van der Waals surface area (Å²) in [5.41, 5.74) is 10.9. The topological polar surface area (TPSA) is 151 Å². The number of nitrogens with zero attached hydrogens (tertiary/aromatic N) is 2. The van der Waals surface area contributed by atoms with Gasteiger partial charge in [-0.25, -0.2) is 4.99 Å². The van der Waals surface area contributed by atoms with Crippen LogP contribution in [0.5, 0.6) is 0 Å². The van der Waals surface area contributed by atoms with Crippen molar-refractivity contribution >= 4 is 23.7 Å². The fourth-order valence-electron chi connectivity index (χ4n) is 3.26. The van der Waals surface area contributed by atoms with E-state index in [1.807, 2.05) is 6.92 Å². The summed E-state index contributed by atoms with van der Waals surface area (Å²) in [4.78, 5) is 41.5. The summed E-state index contributed by atoms with van der Waals surface area (Å²) >= 11 is 0. The summed E-state index contributed by atoms with van der Waals surface area (Å²) < 4.78 is 0. The van der Waals surface area contributed by atoms with Crippen LogP contribution in [-0.4, -0.2) is 59.4 Å². The van der Waals surface area contributed by atoms with Gasteiger partial charge in [0.15, 0.2) is 5.96 Å². The molecule has 1 saturated carbocycles. The fourth-order valence-corrected chi connectivity index (χ4v) is 3.26. The van der Waals surface area contributed by atoms with Crippen molar-refractivity contribution in [3.8, 4) is 0 Å². The second-order valence-corrected chi connectivity index (χ2v) is 6.58. The number of guanidine groups is 1. The smallest absolute Gasteiger partial charge is 0.306 e. The Labute approximate surface area is 147 Å². The number of carboxylic acids is 1. The zero-order valence-electron chi connectivity index (χ0n) is 15.1. The first-order valence-corrected chi connectivity index (χ1v) is 8.50. The lowest BCUT2D eigenvalue weighted by molar-refractivity contribution is -0.142. The van der Waals surface area contributed by atoms with E-state index in [0.717, 1.165) is 12.8 Å². The second kappa shape index (κ2) is 9.24. The Kier molecular flexibility index (Phi) is 7.66. The molecule has 1 aliphatic carbocycles. The van der Waals surface area contributed by atoms with E-state index in [9.17, 15) is 19.5 Å². The Morgan fingerprint density at radius 2 is 1.96 bits per heavy atom. The third kappa shape index (κ3) is 5.91. The van der Waals surface area contributed by atoms with E-state index in [4.69, 9.17) is 11.5 Å². The molecule has 25 heavy (non-hydrogen) atoms. The maximum absolute atomic E-state index is 12.8. The maximum atomic E-state index is 12.8. The van der Waals surface area contributed by atoms with Gasteiger partial charge in [0.1, 0.15) is 6.04 Å². The Bertz CT molecular complexity index is 533. The van der Waals surface area contributed by atoms with E-state index in [0.29, 0.717) is 6.54 Å². The zero-order chi connectivity index (χ0) is 19.1. The van der Waals surface area contributed by atoms with Crippen molar-refractivity contribution in [1.29, 1.82) is 0 Å². The molecule has 4 atom stereocenters. The molecule has 1 rings (SSSR count). The van der Waals surface area contributed by atoms with E-state index in [2.05, 4.69) is 10.3 Å². The van der Waals surface area contributed by atoms with E-state index < -0.39 is 29.9 Å². The zero-order valence-corrected chi connectivity index (χ0v) is 15.1. The second-order valence-electron chi connectivity index (χ2n) is 6.58. The van der Waals surface area contributed by atoms with Gasteiger partial charge in [0.2, 0.25) is 11.8 Å². The van der Waals surface area contributed by atoms with E-state index in [-0.39, 0.29) is 30.6 Å². The fraction of sp³-hybridized carbons (Fsp3) is 0.750. The van der Waals surface area contributed by atoms with Crippen molar-refractivity contribution in [3.05, 3.63) is 0 Å². The average molecular weight is 355 g/mol. The first kappa shape index (κ1) is 20.7. The number of nitrogens with two attached hydrogens (primary N) is 2. The van der Waals surface area contributed by atoms with Crippen LogP contribution in [0, 0.1) is 11.8 Å². The van der Waals surface area contributed by atoms with Crippen molar-refractivity contribution in [2.75, 3.05) is 13.6 Å². The number of nitrogens with one attached hydrogen (secondary N) is 1. The molecule has 0 saturated heterocycles. The highest BCUT2D eigenvalue weighted by Crippen LogP contribution is 2.36. The first-order chi connectivity index (χ1) is 11.7. The molecule has 0 radical (unpaired) electrons. The third-order valence-electron chi connectivity index (χ3n) is 4.52. The van der Waals surface area contributed by atoms with Crippen molar-refractivity contribution in [1.82, 2.24) is 10.2 Å². The van der Waals surface area contributed by atoms with Crippen molar-refractivity contribution in [3.63, 3.8) is 0 Å². The summed E-state index contributed by atoms with van der Waals surface area (Å²) in [6, 6.07) is -1.37. The number of carbonyl (C=O) groups excluding carboxylic acids is 2. The molecule has 142 valence electrons. The lowest BCUT2D eigenvalue weighted by Gasteiger charge is -2.30. The molecule has 0 heterocycles. The Hall–Kier alpha value is -2.32. The summed E-state index contributed by atoms with van der Waals surface area (Å²) in [6.45, 7) is 3.91. The Balaban J connectivity index is 3.08. The number of rotatable bonds is 8. The largest absolute Gasteiger partial charge is 0.481 e. The summed E-state index contributed by atoms with van der Waals surface area (Å²) in [5.74, 6) is -2.84. The highest BCUT2D eigenvalue weighted by molar-refractivity contribution is 5.87. The number of likely N-dealkylation sites (N-methyl/N-ethyl adjacent to an activating group) is 1. The van der Waals surface area contributed by atoms with E-state index in [1.54, 1.807) is 11.9 Å². The molecule has 2 amide bonds. The highest BCUT2D eigenvalue weighted by atomic mass is 16.4. The Morgan fingerprint density at radius 3 is 2.44 bits per heavy atom. The lowest BCUT2D eigenvalue weighted by atomic mass is 9.92. The van der Waals surface area contributed by atoms with Crippen LogP contribution in [-0.2, 0) is 14.4 Å². The summed E-state index contributed by atoms with van der Waals surface area (Å²) in [7, 11) is 1.67. The van der Waals surface area contributed by atoms with Gasteiger partial charge in [0.25, 0.3) is 0 Å². The van der Waals surface area contributed by atoms with Crippen LogP contribution in [0.15, 0.2) is 4.99 Å². The van der Waals surface area contributed by atoms with Gasteiger partial charge in [-0.05, 0) is 19.3 Å². The Morgan fingerprint density at radius 1 is 1.32 bits per heavy atom. The molecule has 0 spiro atoms. The molecule has 0 aromatic rings. The summed E-state index contributed by atoms with van der Waals surface area (Å²) in [6.07, 6.45) is 2.24. The highest BCUT2D eigenvalue weighted by Gasteiger charge is 2.45. The standard InChI is InChI=1S/C16H29N5O4/c1-4-5-6-21(3)14(23)13(19-9(2)22)11-7-10(15(24)25)8-12(11)20-16(17)18/h10-13H,4-8H2,1-3H3,(H,19,22)(H,24,25)(H4,17,18,20)/t10?,11-,12-,13?/m0/s1. The van der Waals surface area contributed by atoms with Crippen LogP contribution in [0.4, 0.5) is 0 Å². The number of amides is 2. The van der Waals surface area contributed by atoms with Crippen molar-refractivity contribution in [2.24, 2.45) is 28.3 Å². The number of carboxylic acid groups (broad SMARTS) is 1. The van der Waals surface area contributed by atoms with E-state index >= 15 is 0 Å². The first-order valence-electron chi connectivity index (χ1n) is 8.50. The molecule has 1 aliphatic rings. The molecule has 2 unspecified atom stereocenters. The quantitative estimate of drug-likeness (QED) is 0.340. The van der Waals surface area contributed by atoms with Crippen molar-refractivity contribution < 1.29 is 19.5 Å². The van der Waals surface area contributed by atoms with Gasteiger partial charge in [-0.2, -0.15) is 0 Å². The molecule has 9 nitrogen and oxygen atoms in total. The maximum Gasteiger partial charge on any atom is 0.306 e. The number of unbranched alkanes of at least 4 members (excludes halogenated alkanes) is 1. The summed E-state index contributed by atoms with van der Waals surface area (Å²) in [5, 5.41) is 12.0. The molecule has 9 heteroatoms. The lowest BCUT2D eigenvalue weighted by Crippen LogP contribution is -2.52. The monoisotopic (exact) mass is 355 g/mol. The van der Waals surface area contributed by atoms with Gasteiger partial charge in [-0.1, -0.05) is 13.3 Å².